The van der Waals surface area contributed by atoms with Gasteiger partial charge in [-0.1, -0.05) is 24.3 Å². The van der Waals surface area contributed by atoms with E-state index in [1.54, 1.807) is 36.4 Å². The summed E-state index contributed by atoms with van der Waals surface area (Å²) in [6.45, 7) is 0. The van der Waals surface area contributed by atoms with Gasteiger partial charge in [-0.15, -0.1) is 11.3 Å². The van der Waals surface area contributed by atoms with Gasteiger partial charge >= 0.3 is 0 Å². The molecule has 0 aliphatic heterocycles. The van der Waals surface area contributed by atoms with Crippen LogP contribution in [0.1, 0.15) is 5.56 Å². The van der Waals surface area contributed by atoms with Crippen LogP contribution in [0.3, 0.4) is 0 Å². The molecule has 0 unspecified atom stereocenters. The van der Waals surface area contributed by atoms with Gasteiger partial charge in [0.2, 0.25) is 0 Å². The molecule has 22 heavy (non-hydrogen) atoms. The molecule has 0 saturated carbocycles. The van der Waals surface area contributed by atoms with E-state index in [-0.39, 0.29) is 4.21 Å². The fourth-order valence-corrected chi connectivity index (χ4v) is 5.21. The normalized spacial score (nSPS) is 11.3. The van der Waals surface area contributed by atoms with Crippen LogP contribution in [0.25, 0.3) is 10.8 Å². The molecule has 1 heterocycles. The number of nitrogens with zero attached hydrogens (tertiary/aromatic N) is 1. The Morgan fingerprint density at radius 1 is 1.05 bits per heavy atom. The van der Waals surface area contributed by atoms with Crippen LogP contribution in [0.5, 0.6) is 0 Å². The Morgan fingerprint density at radius 2 is 1.77 bits per heavy atom. The van der Waals surface area contributed by atoms with Crippen LogP contribution >= 0.6 is 27.3 Å². The van der Waals surface area contributed by atoms with E-state index in [9.17, 15) is 8.42 Å². The maximum Gasteiger partial charge on any atom is 0.271 e. The quantitative estimate of drug-likeness (QED) is 0.720. The molecule has 0 fully saturated rings. The van der Waals surface area contributed by atoms with Gasteiger partial charge in [-0.2, -0.15) is 5.26 Å². The predicted molar refractivity (Wildman–Crippen MR) is 91.5 cm³/mol. The first-order valence-electron chi connectivity index (χ1n) is 6.21. The first kappa shape index (κ1) is 15.0. The fourth-order valence-electron chi connectivity index (χ4n) is 2.12. The van der Waals surface area contributed by atoms with Gasteiger partial charge in [-0.3, -0.25) is 4.72 Å². The minimum Gasteiger partial charge on any atom is -0.278 e. The van der Waals surface area contributed by atoms with Gasteiger partial charge in [0.15, 0.2) is 0 Å². The third kappa shape index (κ3) is 2.73. The third-order valence-corrected chi connectivity index (χ3v) is 6.58. The van der Waals surface area contributed by atoms with Crippen LogP contribution in [0.2, 0.25) is 0 Å². The molecule has 0 spiro atoms. The molecule has 3 aromatic rings. The average Bonchev–Trinajstić information content (AvgIpc) is 2.95. The lowest BCUT2D eigenvalue weighted by Crippen LogP contribution is -2.11. The number of fused-ring (bicyclic) bond motifs is 1. The first-order chi connectivity index (χ1) is 10.5. The van der Waals surface area contributed by atoms with Crippen molar-refractivity contribution >= 4 is 53.7 Å². The lowest BCUT2D eigenvalue weighted by Gasteiger charge is -2.10. The van der Waals surface area contributed by atoms with Gasteiger partial charge in [0.05, 0.1) is 21.1 Å². The molecule has 1 aromatic heterocycles. The van der Waals surface area contributed by atoms with Crippen molar-refractivity contribution in [1.29, 1.82) is 5.26 Å². The number of anilines is 1. The summed E-state index contributed by atoms with van der Waals surface area (Å²) < 4.78 is 28.4. The number of rotatable bonds is 3. The molecule has 4 nitrogen and oxygen atoms in total. The maximum absolute atomic E-state index is 12.4. The number of halogens is 1. The average molecular weight is 393 g/mol. The minimum absolute atomic E-state index is 0.229. The smallest absolute Gasteiger partial charge is 0.271 e. The van der Waals surface area contributed by atoms with E-state index in [1.807, 2.05) is 12.1 Å². The summed E-state index contributed by atoms with van der Waals surface area (Å²) in [6, 6.07) is 15.8. The molecule has 110 valence electrons. The van der Waals surface area contributed by atoms with Crippen molar-refractivity contribution in [2.45, 2.75) is 4.21 Å². The Hall–Kier alpha value is -1.88. The van der Waals surface area contributed by atoms with Crippen LogP contribution in [0, 0.1) is 11.3 Å². The van der Waals surface area contributed by atoms with Crippen molar-refractivity contribution in [3.8, 4) is 6.07 Å². The number of hydrogen-bond donors (Lipinski definition) is 1. The lowest BCUT2D eigenvalue weighted by molar-refractivity contribution is 0.603. The van der Waals surface area contributed by atoms with Gasteiger partial charge in [0, 0.05) is 10.8 Å². The molecule has 0 aliphatic rings. The SMILES string of the molecule is N#Cc1ccc(NS(=O)(=O)c2ccc(Br)s2)c2ccccc12. The molecular formula is C15H9BrN2O2S2. The van der Waals surface area contributed by atoms with Crippen molar-refractivity contribution in [3.63, 3.8) is 0 Å². The molecule has 0 atom stereocenters. The van der Waals surface area contributed by atoms with Crippen LogP contribution in [-0.2, 0) is 10.0 Å². The Labute approximate surface area is 140 Å². The summed E-state index contributed by atoms with van der Waals surface area (Å²) in [5, 5.41) is 10.6. The molecule has 7 heteroatoms. The second-order valence-electron chi connectivity index (χ2n) is 4.48. The van der Waals surface area contributed by atoms with Gasteiger partial charge in [0.1, 0.15) is 4.21 Å². The van der Waals surface area contributed by atoms with Gasteiger partial charge < -0.3 is 0 Å². The number of hydrogen-bond acceptors (Lipinski definition) is 4. The predicted octanol–water partition coefficient (Wildman–Crippen LogP) is 4.34. The van der Waals surface area contributed by atoms with E-state index in [0.717, 1.165) is 20.5 Å². The van der Waals surface area contributed by atoms with E-state index in [1.165, 1.54) is 0 Å². The second-order valence-corrected chi connectivity index (χ2v) is 8.85. The van der Waals surface area contributed by atoms with Crippen molar-refractivity contribution < 1.29 is 8.42 Å². The Morgan fingerprint density at radius 3 is 2.41 bits per heavy atom. The molecule has 0 bridgehead atoms. The number of nitrogens with one attached hydrogen (secondary N) is 1. The zero-order valence-corrected chi connectivity index (χ0v) is 14.3. The van der Waals surface area contributed by atoms with Gasteiger partial charge in [-0.25, -0.2) is 8.42 Å². The summed E-state index contributed by atoms with van der Waals surface area (Å²) in [6.07, 6.45) is 0. The number of nitriles is 1. The lowest BCUT2D eigenvalue weighted by atomic mass is 10.0. The van der Waals surface area contributed by atoms with E-state index in [2.05, 4.69) is 26.7 Å². The highest BCUT2D eigenvalue weighted by atomic mass is 79.9. The molecular weight excluding hydrogens is 384 g/mol. The highest BCUT2D eigenvalue weighted by Crippen LogP contribution is 2.31. The number of sulfonamides is 1. The van der Waals surface area contributed by atoms with E-state index in [4.69, 9.17) is 5.26 Å². The Bertz CT molecular complexity index is 1000. The Balaban J connectivity index is 2.11. The van der Waals surface area contributed by atoms with Crippen LogP contribution < -0.4 is 4.72 Å². The number of benzene rings is 2. The number of thiophene rings is 1. The molecule has 3 rings (SSSR count). The maximum atomic E-state index is 12.4. The summed E-state index contributed by atoms with van der Waals surface area (Å²) in [4.78, 5) is 0. The molecule has 0 aliphatic carbocycles. The van der Waals surface area contributed by atoms with Crippen molar-refractivity contribution in [3.05, 3.63) is 57.9 Å². The van der Waals surface area contributed by atoms with Crippen molar-refractivity contribution in [2.24, 2.45) is 0 Å². The van der Waals surface area contributed by atoms with E-state index >= 15 is 0 Å². The zero-order chi connectivity index (χ0) is 15.7. The summed E-state index contributed by atoms with van der Waals surface area (Å²) in [7, 11) is -3.65. The van der Waals surface area contributed by atoms with Gasteiger partial charge in [-0.05, 0) is 40.2 Å². The molecule has 0 amide bonds. The third-order valence-electron chi connectivity index (χ3n) is 3.10. The van der Waals surface area contributed by atoms with E-state index < -0.39 is 10.0 Å². The largest absolute Gasteiger partial charge is 0.278 e. The van der Waals surface area contributed by atoms with E-state index in [0.29, 0.717) is 16.6 Å². The highest BCUT2D eigenvalue weighted by molar-refractivity contribution is 9.11. The van der Waals surface area contributed by atoms with Crippen LogP contribution in [-0.4, -0.2) is 8.42 Å². The molecule has 0 saturated heterocycles. The van der Waals surface area contributed by atoms with Crippen molar-refractivity contribution in [1.82, 2.24) is 0 Å². The standard InChI is InChI=1S/C15H9BrN2O2S2/c16-14-7-8-15(21-14)22(19,20)18-13-6-5-10(9-17)11-3-1-2-4-12(11)13/h1-8,18H. The zero-order valence-electron chi connectivity index (χ0n) is 11.1. The molecule has 0 radical (unpaired) electrons. The summed E-state index contributed by atoms with van der Waals surface area (Å²) >= 11 is 4.40. The minimum atomic E-state index is -3.65. The first-order valence-corrected chi connectivity index (χ1v) is 9.30. The fraction of sp³-hybridized carbons (Fsp3) is 0. The summed E-state index contributed by atoms with van der Waals surface area (Å²) in [5.41, 5.74) is 0.969. The Kier molecular flexibility index (Phi) is 3.91. The second kappa shape index (κ2) is 5.72. The van der Waals surface area contributed by atoms with Crippen LogP contribution in [0.4, 0.5) is 5.69 Å². The molecule has 2 aromatic carbocycles. The van der Waals surface area contributed by atoms with Crippen LogP contribution in [0.15, 0.2) is 56.5 Å². The highest BCUT2D eigenvalue weighted by Gasteiger charge is 2.18. The molecule has 1 N–H and O–H groups in total. The summed E-state index contributed by atoms with van der Waals surface area (Å²) in [5.74, 6) is 0. The van der Waals surface area contributed by atoms with Crippen molar-refractivity contribution in [2.75, 3.05) is 4.72 Å². The topological polar surface area (TPSA) is 70.0 Å². The monoisotopic (exact) mass is 392 g/mol. The van der Waals surface area contributed by atoms with Gasteiger partial charge in [0.25, 0.3) is 10.0 Å².